The van der Waals surface area contributed by atoms with Gasteiger partial charge >= 0.3 is 0 Å². The summed E-state index contributed by atoms with van der Waals surface area (Å²) in [4.78, 5) is 16.6. The molecule has 0 atom stereocenters. The van der Waals surface area contributed by atoms with Crippen molar-refractivity contribution >= 4 is 65.9 Å². The van der Waals surface area contributed by atoms with Crippen molar-refractivity contribution < 1.29 is 19.0 Å². The first-order valence-electron chi connectivity index (χ1n) is 22.9. The number of hydrogen-bond donors (Lipinski definition) is 2. The van der Waals surface area contributed by atoms with E-state index in [-0.39, 0.29) is 11.7 Å². The van der Waals surface area contributed by atoms with Gasteiger partial charge in [-0.2, -0.15) is 19.2 Å². The summed E-state index contributed by atoms with van der Waals surface area (Å²) in [6.45, 7) is 23.1. The maximum atomic E-state index is 13.7. The van der Waals surface area contributed by atoms with Gasteiger partial charge in [0.2, 0.25) is 0 Å². The Morgan fingerprint density at radius 2 is 1.56 bits per heavy atom. The van der Waals surface area contributed by atoms with Gasteiger partial charge in [0.25, 0.3) is 0 Å². The van der Waals surface area contributed by atoms with Gasteiger partial charge in [0.05, 0.1) is 33.7 Å². The van der Waals surface area contributed by atoms with Crippen LogP contribution in [-0.2, 0) is 9.47 Å². The number of anilines is 2. The van der Waals surface area contributed by atoms with E-state index in [1.807, 2.05) is 29.8 Å². The fraction of sp³-hybridized carbons (Fsp3) is 0.521. The van der Waals surface area contributed by atoms with Crippen LogP contribution in [-0.4, -0.2) is 87.7 Å². The lowest BCUT2D eigenvalue weighted by molar-refractivity contribution is -0.00453. The number of aliphatic hydroxyl groups is 1. The summed E-state index contributed by atoms with van der Waals surface area (Å²) in [5.74, 6) is 1.87. The maximum absolute atomic E-state index is 13.7. The Balaban J connectivity index is 0.000000192. The second-order valence-corrected chi connectivity index (χ2v) is 32.3. The van der Waals surface area contributed by atoms with Crippen molar-refractivity contribution in [2.45, 2.75) is 134 Å². The summed E-state index contributed by atoms with van der Waals surface area (Å²) >= 11 is 3.62. The third-order valence-electron chi connectivity index (χ3n) is 12.8. The summed E-state index contributed by atoms with van der Waals surface area (Å²) in [5, 5.41) is 20.3. The molecule has 2 saturated carbocycles. The normalized spacial score (nSPS) is 18.8. The van der Waals surface area contributed by atoms with Crippen LogP contribution >= 0.6 is 15.9 Å². The zero-order valence-corrected chi connectivity index (χ0v) is 42.4. The molecule has 5 heterocycles. The van der Waals surface area contributed by atoms with Crippen molar-refractivity contribution in [3.8, 4) is 11.1 Å². The third-order valence-corrected chi connectivity index (χ3v) is 17.1. The number of nitrogens with zero attached hydrogens (tertiary/aromatic N) is 8. The maximum Gasteiger partial charge on any atom is 0.165 e. The highest BCUT2D eigenvalue weighted by Crippen LogP contribution is 2.43. The summed E-state index contributed by atoms with van der Waals surface area (Å²) in [7, 11) is -2.27. The summed E-state index contributed by atoms with van der Waals surface area (Å²) in [6, 6.07) is 12.9. The van der Waals surface area contributed by atoms with Crippen LogP contribution in [0.1, 0.15) is 87.9 Å². The van der Waals surface area contributed by atoms with E-state index >= 15 is 0 Å². The molecule has 0 bridgehead atoms. The molecule has 2 aliphatic rings. The Labute approximate surface area is 388 Å². The number of aromatic nitrogens is 7. The summed E-state index contributed by atoms with van der Waals surface area (Å²) in [5.41, 5.74) is 13.1. The van der Waals surface area contributed by atoms with Crippen LogP contribution in [0.4, 0.5) is 16.0 Å². The van der Waals surface area contributed by atoms with Crippen LogP contribution in [0.5, 0.6) is 0 Å². The Bertz CT molecular complexity index is 2530. The predicted octanol–water partition coefficient (Wildman–Crippen LogP) is 11.6. The second-order valence-electron chi connectivity index (χ2n) is 20.3. The van der Waals surface area contributed by atoms with Crippen LogP contribution in [0.2, 0.25) is 51.4 Å². The Kier molecular flexibility index (Phi) is 15.1. The van der Waals surface area contributed by atoms with Crippen LogP contribution in [0.25, 0.3) is 33.3 Å². The number of nitrogens with two attached hydrogens (primary N) is 1. The smallest absolute Gasteiger partial charge is 0.165 e. The van der Waals surface area contributed by atoms with Crippen molar-refractivity contribution in [3.63, 3.8) is 0 Å². The molecule has 0 radical (unpaired) electrons. The number of benzene rings is 1. The highest BCUT2D eigenvalue weighted by Gasteiger charge is 2.34. The van der Waals surface area contributed by atoms with Crippen LogP contribution in [0.15, 0.2) is 71.6 Å². The van der Waals surface area contributed by atoms with Gasteiger partial charge in [-0.3, -0.25) is 4.98 Å². The van der Waals surface area contributed by atoms with E-state index in [0.717, 1.165) is 127 Å². The highest BCUT2D eigenvalue weighted by atomic mass is 79.9. The van der Waals surface area contributed by atoms with Crippen LogP contribution < -0.4 is 10.6 Å². The predicted molar refractivity (Wildman–Crippen MR) is 266 cm³/mol. The monoisotopic (exact) mass is 971 g/mol. The first kappa shape index (κ1) is 47.9. The molecule has 2 aliphatic carbocycles. The lowest BCUT2D eigenvalue weighted by atomic mass is 9.76. The zero-order valence-electron chi connectivity index (χ0n) is 38.8. The number of pyridine rings is 1. The molecule has 0 saturated heterocycles. The van der Waals surface area contributed by atoms with Gasteiger partial charge in [0.1, 0.15) is 30.9 Å². The third kappa shape index (κ3) is 11.8. The minimum atomic E-state index is -1.14. The fourth-order valence-electron chi connectivity index (χ4n) is 8.47. The molecule has 12 nitrogen and oxygen atoms in total. The number of hydrogen-bond acceptors (Lipinski definition) is 10. The fourth-order valence-corrected chi connectivity index (χ4v) is 10.6. The van der Waals surface area contributed by atoms with Crippen molar-refractivity contribution in [2.75, 3.05) is 37.3 Å². The molecule has 0 spiro atoms. The minimum Gasteiger partial charge on any atom is -0.390 e. The number of fused-ring (bicyclic) bond motifs is 3. The van der Waals surface area contributed by atoms with Gasteiger partial charge in [-0.1, -0.05) is 58.4 Å². The Hall–Kier alpha value is -4.07. The molecule has 2 fully saturated rings. The van der Waals surface area contributed by atoms with Gasteiger partial charge < -0.3 is 25.2 Å². The lowest BCUT2D eigenvalue weighted by Crippen LogP contribution is -2.33. The minimum absolute atomic E-state index is 0.208. The first-order valence-corrected chi connectivity index (χ1v) is 31.1. The second kappa shape index (κ2) is 20.2. The van der Waals surface area contributed by atoms with E-state index in [4.69, 9.17) is 25.2 Å². The van der Waals surface area contributed by atoms with Gasteiger partial charge in [-0.15, -0.1) is 0 Å². The van der Waals surface area contributed by atoms with E-state index in [9.17, 15) is 9.50 Å². The number of allylic oxidation sites excluding steroid dienone is 1. The molecule has 344 valence electrons. The average molecular weight is 973 g/mol. The van der Waals surface area contributed by atoms with Gasteiger partial charge in [-0.05, 0) is 110 Å². The summed E-state index contributed by atoms with van der Waals surface area (Å²) < 4.78 is 30.3. The van der Waals surface area contributed by atoms with Crippen LogP contribution in [0, 0.1) is 5.82 Å². The van der Waals surface area contributed by atoms with Crippen molar-refractivity contribution in [3.05, 3.63) is 88.8 Å². The van der Waals surface area contributed by atoms with E-state index in [1.54, 1.807) is 23.0 Å². The van der Waals surface area contributed by atoms with E-state index in [2.05, 4.69) is 87.9 Å². The van der Waals surface area contributed by atoms with E-state index in [0.29, 0.717) is 36.2 Å². The molecule has 3 N–H and O–H groups in total. The summed E-state index contributed by atoms with van der Waals surface area (Å²) in [6.07, 6.45) is 13.7. The molecular formula is C48H67BrFN9O3Si2. The van der Waals surface area contributed by atoms with E-state index in [1.165, 1.54) is 17.7 Å². The molecule has 6 aromatic rings. The molecule has 8 rings (SSSR count). The van der Waals surface area contributed by atoms with Gasteiger partial charge in [-0.25, -0.2) is 14.4 Å². The average Bonchev–Trinajstić information content (AvgIpc) is 3.92. The lowest BCUT2D eigenvalue weighted by Gasteiger charge is -2.35. The Morgan fingerprint density at radius 1 is 0.891 bits per heavy atom. The molecule has 1 aromatic carbocycles. The van der Waals surface area contributed by atoms with Crippen molar-refractivity contribution in [1.29, 1.82) is 0 Å². The topological polar surface area (TPSA) is 141 Å². The van der Waals surface area contributed by atoms with Crippen molar-refractivity contribution in [2.24, 2.45) is 0 Å². The molecular weight excluding hydrogens is 906 g/mol. The molecule has 5 aromatic heterocycles. The largest absolute Gasteiger partial charge is 0.390 e. The molecule has 0 unspecified atom stereocenters. The zero-order chi connectivity index (χ0) is 45.8. The highest BCUT2D eigenvalue weighted by molar-refractivity contribution is 9.10. The SMILES string of the molecule is C=C1CCC(c2cc(N(COCC[Si](C)(C)C)COCC[Si](C)(C)C)n3nccc3n2)CC1.CCC1(O)CCC(c2nc3c(-c4cnc5ccc(F)cc5c4)cnn3c(N)c2Br)CC1. The number of nitrogen functional groups attached to an aromatic ring is 1. The molecule has 0 amide bonds. The molecule has 64 heavy (non-hydrogen) atoms. The Morgan fingerprint density at radius 3 is 2.20 bits per heavy atom. The standard InChI is InChI=1S/C25H44N4O2Si2.C23H23BrFN5O/c1-21-8-10-22(11-9-21)23-18-25(29-24(27-23)12-13-26-29)28(19-30-14-16-32(2,3)4)20-31-15-17-33(5,6)7;1-2-23(31)7-5-13(6-8-23)20-19(24)21(26)30-22(29-20)17(12-28-30)15-9-14-10-16(25)3-4-18(14)27-11-15/h12-13,18,22H,1,8-11,14-17,19-20H2,2-7H3;3-4,9-13,31H,2,5-8,26H2,1H3. The van der Waals surface area contributed by atoms with Gasteiger partial charge in [0, 0.05) is 81.7 Å². The van der Waals surface area contributed by atoms with E-state index < -0.39 is 21.7 Å². The van der Waals surface area contributed by atoms with Gasteiger partial charge in [0.15, 0.2) is 11.3 Å². The quantitative estimate of drug-likeness (QED) is 0.0442. The number of halogens is 2. The number of ether oxygens (including phenoxy) is 2. The first-order chi connectivity index (χ1) is 30.4. The molecule has 0 aliphatic heterocycles. The van der Waals surface area contributed by atoms with Crippen LogP contribution in [0.3, 0.4) is 0 Å². The number of rotatable bonds is 15. The molecule has 16 heteroatoms. The van der Waals surface area contributed by atoms with Crippen molar-refractivity contribution in [1.82, 2.24) is 34.2 Å².